The van der Waals surface area contributed by atoms with Crippen molar-refractivity contribution in [3.8, 4) is 55.6 Å². The Bertz CT molecular complexity index is 1990. The van der Waals surface area contributed by atoms with E-state index in [-0.39, 0.29) is 0 Å². The van der Waals surface area contributed by atoms with Gasteiger partial charge in [0, 0.05) is 0 Å². The van der Waals surface area contributed by atoms with Crippen molar-refractivity contribution < 1.29 is 0 Å². The fourth-order valence-corrected chi connectivity index (χ4v) is 8.13. The van der Waals surface area contributed by atoms with Gasteiger partial charge in [0.05, 0.1) is 0 Å². The molecule has 0 aliphatic heterocycles. The zero-order valence-corrected chi connectivity index (χ0v) is 35.0. The van der Waals surface area contributed by atoms with Gasteiger partial charge < -0.3 is 0 Å². The molecule has 0 atom stereocenters. The summed E-state index contributed by atoms with van der Waals surface area (Å²) in [5, 5.41) is 0. The van der Waals surface area contributed by atoms with Gasteiger partial charge in [-0.05, 0) is 137 Å². The van der Waals surface area contributed by atoms with E-state index in [1.807, 2.05) is 0 Å². The molecule has 0 saturated heterocycles. The quantitative estimate of drug-likeness (QED) is 0.126. The lowest BCUT2D eigenvalue weighted by atomic mass is 9.76. The monoisotopic (exact) mass is 710 g/mol. The Hall–Kier alpha value is -4.68. The molecule has 0 nitrogen and oxygen atoms in total. The third-order valence-electron chi connectivity index (χ3n) is 11.3. The molecule has 6 aromatic rings. The lowest BCUT2D eigenvalue weighted by Crippen LogP contribution is -2.06. The molecular weight excluding hydrogens is 649 g/mol. The van der Waals surface area contributed by atoms with Crippen LogP contribution in [0, 0.1) is 0 Å². The average Bonchev–Trinajstić information content (AvgIpc) is 3.16. The maximum atomic E-state index is 2.51. The van der Waals surface area contributed by atoms with Gasteiger partial charge in [-0.2, -0.15) is 0 Å². The Labute approximate surface area is 327 Å². The molecule has 0 heteroatoms. The highest BCUT2D eigenvalue weighted by atomic mass is 14.3. The normalized spacial score (nSPS) is 12.0. The summed E-state index contributed by atoms with van der Waals surface area (Å²) in [7, 11) is 0. The molecule has 54 heavy (non-hydrogen) atoms. The Morgan fingerprint density at radius 1 is 0.259 bits per heavy atom. The van der Waals surface area contributed by atoms with Crippen LogP contribution >= 0.6 is 0 Å². The fourth-order valence-electron chi connectivity index (χ4n) is 8.13. The highest BCUT2D eigenvalue weighted by molar-refractivity contribution is 5.97. The van der Waals surface area contributed by atoms with E-state index in [9.17, 15) is 0 Å². The zero-order chi connectivity index (χ0) is 38.8. The van der Waals surface area contributed by atoms with Crippen LogP contribution in [0.25, 0.3) is 55.6 Å². The summed E-state index contributed by atoms with van der Waals surface area (Å²) < 4.78 is 0. The zero-order valence-electron chi connectivity index (χ0n) is 35.0. The maximum Gasteiger partial charge on any atom is -0.00933 e. The van der Waals surface area contributed by atoms with Gasteiger partial charge in [-0.15, -0.1) is 0 Å². The number of hydrogen-bond donors (Lipinski definition) is 0. The highest BCUT2D eigenvalue weighted by Gasteiger charge is 2.26. The summed E-state index contributed by atoms with van der Waals surface area (Å²) in [6.45, 7) is 28.3. The van der Waals surface area contributed by atoms with Crippen molar-refractivity contribution in [1.29, 1.82) is 0 Å². The Morgan fingerprint density at radius 2 is 0.556 bits per heavy atom. The third kappa shape index (κ3) is 7.91. The minimum atomic E-state index is 0.369. The molecule has 278 valence electrons. The summed E-state index contributed by atoms with van der Waals surface area (Å²) in [5.41, 5.74) is 21.6. The summed E-state index contributed by atoms with van der Waals surface area (Å²) >= 11 is 0. The van der Waals surface area contributed by atoms with Crippen LogP contribution in [0.1, 0.15) is 152 Å². The molecule has 6 rings (SSSR count). The van der Waals surface area contributed by atoms with Crippen molar-refractivity contribution in [1.82, 2.24) is 0 Å². The van der Waals surface area contributed by atoms with Crippen LogP contribution in [0.15, 0.2) is 121 Å². The second-order valence-corrected chi connectivity index (χ2v) is 17.3. The van der Waals surface area contributed by atoms with Gasteiger partial charge in [0.1, 0.15) is 0 Å². The van der Waals surface area contributed by atoms with Gasteiger partial charge in [0.15, 0.2) is 0 Å². The topological polar surface area (TPSA) is 0 Å². The third-order valence-corrected chi connectivity index (χ3v) is 11.3. The van der Waals surface area contributed by atoms with Crippen LogP contribution in [-0.2, 0) is 0 Å². The number of hydrogen-bond acceptors (Lipinski definition) is 0. The van der Waals surface area contributed by atoms with Crippen molar-refractivity contribution in [2.45, 2.75) is 119 Å². The van der Waals surface area contributed by atoms with Gasteiger partial charge in [-0.3, -0.25) is 0 Å². The molecular formula is C54H62. The molecule has 0 heterocycles. The van der Waals surface area contributed by atoms with Gasteiger partial charge in [0.2, 0.25) is 0 Å². The molecule has 0 amide bonds. The van der Waals surface area contributed by atoms with Crippen LogP contribution in [0.3, 0.4) is 0 Å². The van der Waals surface area contributed by atoms with Gasteiger partial charge >= 0.3 is 0 Å². The summed E-state index contributed by atoms with van der Waals surface area (Å²) in [6, 6.07) is 46.4. The first kappa shape index (κ1) is 39.0. The molecule has 0 aliphatic rings. The Kier molecular flexibility index (Phi) is 11.8. The Morgan fingerprint density at radius 3 is 0.815 bits per heavy atom. The lowest BCUT2D eigenvalue weighted by Gasteiger charge is -2.28. The predicted molar refractivity (Wildman–Crippen MR) is 238 cm³/mol. The highest BCUT2D eigenvalue weighted by Crippen LogP contribution is 2.49. The van der Waals surface area contributed by atoms with E-state index >= 15 is 0 Å². The fraction of sp³-hybridized carbons (Fsp3) is 0.333. The number of rotatable bonds is 11. The first-order chi connectivity index (χ1) is 25.8. The summed E-state index contributed by atoms with van der Waals surface area (Å²) in [5.74, 6) is 2.39. The van der Waals surface area contributed by atoms with Gasteiger partial charge in [-0.1, -0.05) is 192 Å². The van der Waals surface area contributed by atoms with E-state index in [0.29, 0.717) is 35.5 Å². The standard InChI is InChI=1S/C54H62/c1-33(2)43-29-47(35(5)6)53(48(30-43)36(7)8)51-27-41(39-19-15-13-16-20-39)23-25-45(51)46-26-24-42(40-21-17-14-18-22-40)28-52(46)54-49(37(9)10)31-44(34(3)4)32-50(54)38(11)12/h13-38H,1-12H3. The van der Waals surface area contributed by atoms with E-state index < -0.39 is 0 Å². The van der Waals surface area contributed by atoms with Crippen molar-refractivity contribution >= 4 is 0 Å². The van der Waals surface area contributed by atoms with Crippen LogP contribution < -0.4 is 0 Å². The van der Waals surface area contributed by atoms with E-state index in [2.05, 4.69) is 204 Å². The molecule has 0 unspecified atom stereocenters. The van der Waals surface area contributed by atoms with Crippen LogP contribution in [0.2, 0.25) is 0 Å². The Balaban J connectivity index is 1.79. The van der Waals surface area contributed by atoms with Gasteiger partial charge in [0.25, 0.3) is 0 Å². The minimum absolute atomic E-state index is 0.369. The van der Waals surface area contributed by atoms with E-state index in [4.69, 9.17) is 0 Å². The van der Waals surface area contributed by atoms with Crippen LogP contribution in [0.4, 0.5) is 0 Å². The SMILES string of the molecule is CC(C)c1cc(C(C)C)c(-c2cc(-c3ccccc3)ccc2-c2ccc(-c3ccccc3)cc2-c2c(C(C)C)cc(C(C)C)cc2C(C)C)c(C(C)C)c1. The smallest absolute Gasteiger partial charge is 0.00933 e. The number of benzene rings is 6. The molecule has 0 radical (unpaired) electrons. The van der Waals surface area contributed by atoms with Crippen molar-refractivity contribution in [3.05, 3.63) is 155 Å². The second-order valence-electron chi connectivity index (χ2n) is 17.3. The first-order valence-electron chi connectivity index (χ1n) is 20.5. The van der Waals surface area contributed by atoms with Crippen molar-refractivity contribution in [2.24, 2.45) is 0 Å². The summed E-state index contributed by atoms with van der Waals surface area (Å²) in [6.07, 6.45) is 0. The van der Waals surface area contributed by atoms with E-state index in [1.165, 1.54) is 89.0 Å². The second kappa shape index (κ2) is 16.4. The van der Waals surface area contributed by atoms with Gasteiger partial charge in [-0.25, -0.2) is 0 Å². The maximum absolute atomic E-state index is 2.51. The average molecular weight is 711 g/mol. The molecule has 6 aromatic carbocycles. The van der Waals surface area contributed by atoms with Crippen molar-refractivity contribution in [2.75, 3.05) is 0 Å². The summed E-state index contributed by atoms with van der Waals surface area (Å²) in [4.78, 5) is 0. The molecule has 0 fully saturated rings. The largest absolute Gasteiger partial charge is 0.0622 e. The van der Waals surface area contributed by atoms with Crippen LogP contribution in [0.5, 0.6) is 0 Å². The predicted octanol–water partition coefficient (Wildman–Crippen LogP) is 16.8. The molecule has 0 aromatic heterocycles. The van der Waals surface area contributed by atoms with Crippen molar-refractivity contribution in [3.63, 3.8) is 0 Å². The molecule has 0 N–H and O–H groups in total. The molecule has 0 aliphatic carbocycles. The minimum Gasteiger partial charge on any atom is -0.0622 e. The molecule has 0 saturated carbocycles. The lowest BCUT2D eigenvalue weighted by molar-refractivity contribution is 0.807. The van der Waals surface area contributed by atoms with Crippen LogP contribution in [-0.4, -0.2) is 0 Å². The van der Waals surface area contributed by atoms with E-state index in [1.54, 1.807) is 0 Å². The molecule has 0 spiro atoms. The molecule has 0 bridgehead atoms. The van der Waals surface area contributed by atoms with E-state index in [0.717, 1.165) is 0 Å². The first-order valence-corrected chi connectivity index (χ1v) is 20.5.